The van der Waals surface area contributed by atoms with Gasteiger partial charge in [-0.3, -0.25) is 9.78 Å². The van der Waals surface area contributed by atoms with Gasteiger partial charge in [-0.15, -0.1) is 11.3 Å². The number of hydrogen-bond acceptors (Lipinski definition) is 6. The van der Waals surface area contributed by atoms with Crippen LogP contribution < -0.4 is 0 Å². The minimum absolute atomic E-state index is 0.0417. The number of likely N-dealkylation sites (tertiary alicyclic amines) is 1. The number of amides is 1. The summed E-state index contributed by atoms with van der Waals surface area (Å²) in [5, 5.41) is 4.51. The smallest absolute Gasteiger partial charge is 0.265 e. The fourth-order valence-corrected chi connectivity index (χ4v) is 3.16. The van der Waals surface area contributed by atoms with Crippen LogP contribution in [0.5, 0.6) is 0 Å². The first kappa shape index (κ1) is 12.4. The third-order valence-electron chi connectivity index (χ3n) is 3.68. The molecule has 1 saturated heterocycles. The van der Waals surface area contributed by atoms with Crippen LogP contribution in [0.2, 0.25) is 0 Å². The predicted molar refractivity (Wildman–Crippen MR) is 77.1 cm³/mol. The van der Waals surface area contributed by atoms with Crippen molar-refractivity contribution in [3.8, 4) is 0 Å². The van der Waals surface area contributed by atoms with Crippen LogP contribution in [0.15, 0.2) is 24.1 Å². The Bertz CT molecular complexity index is 805. The largest absolute Gasteiger partial charge is 0.336 e. The summed E-state index contributed by atoms with van der Waals surface area (Å²) < 4.78 is 1.74. The molecule has 4 rings (SSSR count). The molecule has 7 nitrogen and oxygen atoms in total. The molecule has 0 unspecified atom stereocenters. The third-order valence-corrected chi connectivity index (χ3v) is 4.45. The lowest BCUT2D eigenvalue weighted by atomic mass is 9.95. The van der Waals surface area contributed by atoms with E-state index in [9.17, 15) is 4.79 Å². The fourth-order valence-electron chi connectivity index (χ4n) is 2.57. The first-order chi connectivity index (χ1) is 10.2. The molecule has 3 aromatic rings. The zero-order valence-electron chi connectivity index (χ0n) is 11.3. The molecular formula is C13H12N6OS. The Morgan fingerprint density at radius 2 is 2.14 bits per heavy atom. The average Bonchev–Trinajstić information content (AvgIpc) is 3.07. The molecule has 0 bridgehead atoms. The number of fused-ring (bicyclic) bond motifs is 1. The van der Waals surface area contributed by atoms with Crippen molar-refractivity contribution in [2.45, 2.75) is 5.92 Å². The molecule has 1 aliphatic heterocycles. The standard InChI is InChI=1S/C13H12N6OS/c1-18-12-11(15-2-3-16-12)10(17-18)8-5-19(6-8)13(20)9-4-14-7-21-9/h2-4,7-8H,5-6H2,1H3. The molecule has 0 radical (unpaired) electrons. The average molecular weight is 300 g/mol. The van der Waals surface area contributed by atoms with E-state index in [1.54, 1.807) is 28.8 Å². The Labute approximate surface area is 124 Å². The summed E-state index contributed by atoms with van der Waals surface area (Å²) in [7, 11) is 1.86. The van der Waals surface area contributed by atoms with E-state index in [2.05, 4.69) is 20.1 Å². The molecular weight excluding hydrogens is 288 g/mol. The highest BCUT2D eigenvalue weighted by Crippen LogP contribution is 2.31. The van der Waals surface area contributed by atoms with Gasteiger partial charge < -0.3 is 4.90 Å². The Morgan fingerprint density at radius 1 is 1.33 bits per heavy atom. The maximum Gasteiger partial charge on any atom is 0.265 e. The quantitative estimate of drug-likeness (QED) is 0.707. The summed E-state index contributed by atoms with van der Waals surface area (Å²) in [6.07, 6.45) is 4.95. The molecule has 0 aromatic carbocycles. The van der Waals surface area contributed by atoms with E-state index in [0.717, 1.165) is 16.9 Å². The van der Waals surface area contributed by atoms with E-state index >= 15 is 0 Å². The molecule has 1 aliphatic rings. The monoisotopic (exact) mass is 300 g/mol. The Kier molecular flexibility index (Phi) is 2.71. The Hall–Kier alpha value is -2.35. The van der Waals surface area contributed by atoms with Crippen molar-refractivity contribution < 1.29 is 4.79 Å². The maximum absolute atomic E-state index is 12.2. The summed E-state index contributed by atoms with van der Waals surface area (Å²) in [4.78, 5) is 27.3. The van der Waals surface area contributed by atoms with E-state index in [-0.39, 0.29) is 11.8 Å². The number of carbonyl (C=O) groups excluding carboxylic acids is 1. The van der Waals surface area contributed by atoms with E-state index in [4.69, 9.17) is 0 Å². The molecule has 106 valence electrons. The minimum Gasteiger partial charge on any atom is -0.336 e. The van der Waals surface area contributed by atoms with Crippen LogP contribution in [-0.4, -0.2) is 48.6 Å². The number of hydrogen-bond donors (Lipinski definition) is 0. The molecule has 0 aliphatic carbocycles. The zero-order valence-corrected chi connectivity index (χ0v) is 12.1. The fraction of sp³-hybridized carbons (Fsp3) is 0.308. The summed E-state index contributed by atoms with van der Waals surface area (Å²) in [5.74, 6) is 0.266. The lowest BCUT2D eigenvalue weighted by Crippen LogP contribution is -2.48. The van der Waals surface area contributed by atoms with Gasteiger partial charge in [-0.25, -0.2) is 14.6 Å². The summed E-state index contributed by atoms with van der Waals surface area (Å²) >= 11 is 1.37. The second kappa shape index (κ2) is 4.59. The first-order valence-electron chi connectivity index (χ1n) is 6.55. The minimum atomic E-state index is 0.0417. The van der Waals surface area contributed by atoms with Gasteiger partial charge in [0.2, 0.25) is 0 Å². The number of aromatic nitrogens is 5. The topological polar surface area (TPSA) is 76.8 Å². The van der Waals surface area contributed by atoms with E-state index < -0.39 is 0 Å². The van der Waals surface area contributed by atoms with Crippen LogP contribution in [0.4, 0.5) is 0 Å². The van der Waals surface area contributed by atoms with Gasteiger partial charge in [0.15, 0.2) is 5.65 Å². The zero-order chi connectivity index (χ0) is 14.4. The highest BCUT2D eigenvalue weighted by atomic mass is 32.1. The van der Waals surface area contributed by atoms with Crippen molar-refractivity contribution >= 4 is 28.4 Å². The van der Waals surface area contributed by atoms with Gasteiger partial charge in [0.1, 0.15) is 10.4 Å². The second-order valence-corrected chi connectivity index (χ2v) is 5.90. The predicted octanol–water partition coefficient (Wildman–Crippen LogP) is 1.06. The van der Waals surface area contributed by atoms with Crippen LogP contribution in [0.25, 0.3) is 11.2 Å². The molecule has 0 saturated carbocycles. The van der Waals surface area contributed by atoms with Gasteiger partial charge >= 0.3 is 0 Å². The van der Waals surface area contributed by atoms with Gasteiger partial charge in [0.05, 0.1) is 17.4 Å². The number of aryl methyl sites for hydroxylation is 1. The molecule has 8 heteroatoms. The SMILES string of the molecule is Cn1nc(C2CN(C(=O)c3cncs3)C2)c2nccnc21. The van der Waals surface area contributed by atoms with Gasteiger partial charge in [0.25, 0.3) is 5.91 Å². The van der Waals surface area contributed by atoms with Crippen molar-refractivity contribution in [1.29, 1.82) is 0 Å². The van der Waals surface area contributed by atoms with Crippen LogP contribution in [-0.2, 0) is 7.05 Å². The highest BCUT2D eigenvalue weighted by molar-refractivity contribution is 7.11. The van der Waals surface area contributed by atoms with Crippen LogP contribution in [0.1, 0.15) is 21.3 Å². The number of thiazole rings is 1. The van der Waals surface area contributed by atoms with Gasteiger partial charge in [-0.1, -0.05) is 0 Å². The van der Waals surface area contributed by atoms with E-state index in [0.29, 0.717) is 18.0 Å². The van der Waals surface area contributed by atoms with Crippen LogP contribution >= 0.6 is 11.3 Å². The van der Waals surface area contributed by atoms with Crippen molar-refractivity contribution in [3.05, 3.63) is 34.7 Å². The lowest BCUT2D eigenvalue weighted by Gasteiger charge is -2.38. The summed E-state index contributed by atoms with van der Waals surface area (Å²) in [6.45, 7) is 1.33. The van der Waals surface area contributed by atoms with Gasteiger partial charge in [-0.05, 0) is 0 Å². The molecule has 0 atom stereocenters. The lowest BCUT2D eigenvalue weighted by molar-refractivity contribution is 0.0604. The molecule has 1 amide bonds. The Balaban J connectivity index is 1.56. The Morgan fingerprint density at radius 3 is 2.90 bits per heavy atom. The maximum atomic E-state index is 12.2. The summed E-state index contributed by atoms with van der Waals surface area (Å²) in [5.41, 5.74) is 4.20. The third kappa shape index (κ3) is 1.90. The van der Waals surface area contributed by atoms with E-state index in [1.165, 1.54) is 11.3 Å². The molecule has 0 N–H and O–H groups in total. The second-order valence-electron chi connectivity index (χ2n) is 5.01. The molecule has 1 fully saturated rings. The molecule has 4 heterocycles. The number of carbonyl (C=O) groups is 1. The number of nitrogens with zero attached hydrogens (tertiary/aromatic N) is 6. The van der Waals surface area contributed by atoms with E-state index in [1.807, 2.05) is 11.9 Å². The number of rotatable bonds is 2. The highest BCUT2D eigenvalue weighted by Gasteiger charge is 2.36. The van der Waals surface area contributed by atoms with Crippen molar-refractivity contribution in [1.82, 2.24) is 29.6 Å². The summed E-state index contributed by atoms with van der Waals surface area (Å²) in [6, 6.07) is 0. The van der Waals surface area contributed by atoms with Crippen molar-refractivity contribution in [2.75, 3.05) is 13.1 Å². The molecule has 3 aromatic heterocycles. The van der Waals surface area contributed by atoms with Crippen molar-refractivity contribution in [2.24, 2.45) is 7.05 Å². The van der Waals surface area contributed by atoms with Crippen LogP contribution in [0, 0.1) is 0 Å². The molecule has 0 spiro atoms. The van der Waals surface area contributed by atoms with Crippen LogP contribution in [0.3, 0.4) is 0 Å². The van der Waals surface area contributed by atoms with Crippen molar-refractivity contribution in [3.63, 3.8) is 0 Å². The first-order valence-corrected chi connectivity index (χ1v) is 7.43. The van der Waals surface area contributed by atoms with Gasteiger partial charge in [-0.2, -0.15) is 5.10 Å². The normalized spacial score (nSPS) is 15.4. The van der Waals surface area contributed by atoms with Gasteiger partial charge in [0, 0.05) is 38.4 Å². The molecule has 21 heavy (non-hydrogen) atoms.